The molecule has 1 amide bonds. The van der Waals surface area contributed by atoms with E-state index in [1.165, 1.54) is 23.1 Å². The third-order valence-corrected chi connectivity index (χ3v) is 4.88. The number of carbonyl (C=O) groups excluding carboxylic acids is 1. The van der Waals surface area contributed by atoms with Crippen molar-refractivity contribution in [3.63, 3.8) is 0 Å². The summed E-state index contributed by atoms with van der Waals surface area (Å²) in [4.78, 5) is 21.8. The van der Waals surface area contributed by atoms with Crippen molar-refractivity contribution in [2.24, 2.45) is 0 Å². The number of carbonyl (C=O) groups is 1. The summed E-state index contributed by atoms with van der Waals surface area (Å²) in [5.41, 5.74) is 0. The molecule has 2 aromatic rings. The highest BCUT2D eigenvalue weighted by atomic mass is 79.9. The Morgan fingerprint density at radius 2 is 2.33 bits per heavy atom. The number of thioether (sulfide) groups is 1. The van der Waals surface area contributed by atoms with Gasteiger partial charge in [0.05, 0.1) is 5.75 Å². The number of thiazole rings is 1. The lowest BCUT2D eigenvalue weighted by Crippen LogP contribution is -2.27. The van der Waals surface area contributed by atoms with E-state index in [0.29, 0.717) is 10.9 Å². The number of rotatable bonds is 4. The van der Waals surface area contributed by atoms with E-state index in [-0.39, 0.29) is 5.91 Å². The van der Waals surface area contributed by atoms with Gasteiger partial charge in [0.25, 0.3) is 0 Å². The van der Waals surface area contributed by atoms with Gasteiger partial charge in [0, 0.05) is 29.3 Å². The average molecular weight is 344 g/mol. The predicted molar refractivity (Wildman–Crippen MR) is 78.2 cm³/mol. The summed E-state index contributed by atoms with van der Waals surface area (Å²) in [6.45, 7) is 0. The SMILES string of the molecule is CN(C(=O)CSc1ncccc1Br)c1nccs1. The normalized spacial score (nSPS) is 10.3. The first kappa shape index (κ1) is 13.5. The molecule has 0 fully saturated rings. The number of anilines is 1. The fourth-order valence-corrected chi connectivity index (χ4v) is 3.21. The Bertz CT molecular complexity index is 533. The average Bonchev–Trinajstić information content (AvgIpc) is 2.90. The number of amides is 1. The molecule has 0 saturated heterocycles. The summed E-state index contributed by atoms with van der Waals surface area (Å²) in [5, 5.41) is 3.38. The quantitative estimate of drug-likeness (QED) is 0.800. The van der Waals surface area contributed by atoms with Gasteiger partial charge in [0.2, 0.25) is 5.91 Å². The van der Waals surface area contributed by atoms with Gasteiger partial charge in [-0.25, -0.2) is 9.97 Å². The zero-order valence-electron chi connectivity index (χ0n) is 9.54. The molecule has 0 aliphatic rings. The van der Waals surface area contributed by atoms with Crippen LogP contribution in [0, 0.1) is 0 Å². The standard InChI is InChI=1S/C11H10BrN3OS2/c1-15(11-14-5-6-17-11)9(16)7-18-10-8(12)3-2-4-13-10/h2-6H,7H2,1H3. The number of aromatic nitrogens is 2. The third-order valence-electron chi connectivity index (χ3n) is 2.14. The zero-order chi connectivity index (χ0) is 13.0. The van der Waals surface area contributed by atoms with Gasteiger partial charge >= 0.3 is 0 Å². The molecule has 0 aliphatic carbocycles. The second-order valence-corrected chi connectivity index (χ2v) is 6.04. The van der Waals surface area contributed by atoms with Crippen LogP contribution in [0.4, 0.5) is 5.13 Å². The Kier molecular flexibility index (Phi) is 4.73. The lowest BCUT2D eigenvalue weighted by molar-refractivity contribution is -0.115. The number of pyridine rings is 1. The predicted octanol–water partition coefficient (Wildman–Crippen LogP) is 3.06. The van der Waals surface area contributed by atoms with Crippen molar-refractivity contribution in [1.82, 2.24) is 9.97 Å². The zero-order valence-corrected chi connectivity index (χ0v) is 12.8. The molecule has 18 heavy (non-hydrogen) atoms. The first-order valence-electron chi connectivity index (χ1n) is 5.08. The van der Waals surface area contributed by atoms with Gasteiger partial charge in [0.15, 0.2) is 5.13 Å². The molecule has 0 unspecified atom stereocenters. The van der Waals surface area contributed by atoms with Crippen molar-refractivity contribution in [2.45, 2.75) is 5.03 Å². The Morgan fingerprint density at radius 3 is 3.00 bits per heavy atom. The van der Waals surface area contributed by atoms with Crippen LogP contribution in [-0.4, -0.2) is 28.7 Å². The van der Waals surface area contributed by atoms with E-state index >= 15 is 0 Å². The van der Waals surface area contributed by atoms with Crippen molar-refractivity contribution in [2.75, 3.05) is 17.7 Å². The number of hydrogen-bond acceptors (Lipinski definition) is 5. The molecule has 0 aliphatic heterocycles. The molecule has 0 aromatic carbocycles. The molecule has 0 radical (unpaired) electrons. The van der Waals surface area contributed by atoms with Gasteiger partial charge in [-0.3, -0.25) is 9.69 Å². The van der Waals surface area contributed by atoms with Crippen LogP contribution >= 0.6 is 39.0 Å². The van der Waals surface area contributed by atoms with Gasteiger partial charge < -0.3 is 0 Å². The summed E-state index contributed by atoms with van der Waals surface area (Å²) in [6.07, 6.45) is 3.40. The van der Waals surface area contributed by atoms with Crippen LogP contribution in [0.25, 0.3) is 0 Å². The largest absolute Gasteiger partial charge is 0.291 e. The summed E-state index contributed by atoms with van der Waals surface area (Å²) in [6, 6.07) is 3.75. The molecule has 0 atom stereocenters. The van der Waals surface area contributed by atoms with Crippen molar-refractivity contribution in [3.8, 4) is 0 Å². The van der Waals surface area contributed by atoms with E-state index in [1.807, 2.05) is 17.5 Å². The third kappa shape index (κ3) is 3.30. The van der Waals surface area contributed by atoms with E-state index < -0.39 is 0 Å². The van der Waals surface area contributed by atoms with E-state index in [4.69, 9.17) is 0 Å². The van der Waals surface area contributed by atoms with Crippen molar-refractivity contribution >= 4 is 50.1 Å². The number of nitrogens with zero attached hydrogens (tertiary/aromatic N) is 3. The molecular formula is C11H10BrN3OS2. The molecular weight excluding hydrogens is 334 g/mol. The molecule has 2 aromatic heterocycles. The Labute approximate surface area is 122 Å². The Balaban J connectivity index is 1.95. The van der Waals surface area contributed by atoms with Crippen molar-refractivity contribution < 1.29 is 4.79 Å². The highest BCUT2D eigenvalue weighted by Gasteiger charge is 2.14. The molecule has 0 saturated carbocycles. The monoisotopic (exact) mass is 343 g/mol. The molecule has 94 valence electrons. The maximum Gasteiger partial charge on any atom is 0.238 e. The van der Waals surface area contributed by atoms with Gasteiger partial charge in [-0.1, -0.05) is 11.8 Å². The smallest absolute Gasteiger partial charge is 0.238 e. The molecule has 7 heteroatoms. The van der Waals surface area contributed by atoms with Crippen molar-refractivity contribution in [1.29, 1.82) is 0 Å². The number of halogens is 1. The van der Waals surface area contributed by atoms with E-state index in [0.717, 1.165) is 9.50 Å². The molecule has 0 N–H and O–H groups in total. The number of hydrogen-bond donors (Lipinski definition) is 0. The minimum atomic E-state index is 0.00695. The highest BCUT2D eigenvalue weighted by Crippen LogP contribution is 2.25. The van der Waals surface area contributed by atoms with Crippen LogP contribution in [0.3, 0.4) is 0 Å². The molecule has 0 bridgehead atoms. The topological polar surface area (TPSA) is 46.1 Å². The molecule has 4 nitrogen and oxygen atoms in total. The van der Waals surface area contributed by atoms with Crippen LogP contribution < -0.4 is 4.90 Å². The fourth-order valence-electron chi connectivity index (χ4n) is 1.19. The summed E-state index contributed by atoms with van der Waals surface area (Å²) in [7, 11) is 1.73. The van der Waals surface area contributed by atoms with Gasteiger partial charge in [-0.05, 0) is 28.1 Å². The summed E-state index contributed by atoms with van der Waals surface area (Å²) in [5.74, 6) is 0.346. The minimum Gasteiger partial charge on any atom is -0.291 e. The lowest BCUT2D eigenvalue weighted by Gasteiger charge is -2.13. The lowest BCUT2D eigenvalue weighted by atomic mass is 10.5. The van der Waals surface area contributed by atoms with E-state index in [1.54, 1.807) is 24.3 Å². The van der Waals surface area contributed by atoms with E-state index in [9.17, 15) is 4.79 Å². The van der Waals surface area contributed by atoms with Crippen LogP contribution in [0.1, 0.15) is 0 Å². The second-order valence-electron chi connectivity index (χ2n) is 3.35. The minimum absolute atomic E-state index is 0.00695. The maximum absolute atomic E-state index is 12.0. The van der Waals surface area contributed by atoms with E-state index in [2.05, 4.69) is 25.9 Å². The van der Waals surface area contributed by atoms with Crippen LogP contribution in [-0.2, 0) is 4.79 Å². The van der Waals surface area contributed by atoms with Gasteiger partial charge in [-0.15, -0.1) is 11.3 Å². The molecule has 2 heterocycles. The first-order valence-corrected chi connectivity index (χ1v) is 7.73. The van der Waals surface area contributed by atoms with Crippen LogP contribution in [0.2, 0.25) is 0 Å². The van der Waals surface area contributed by atoms with Crippen LogP contribution in [0.15, 0.2) is 39.4 Å². The first-order chi connectivity index (χ1) is 8.68. The summed E-state index contributed by atoms with van der Waals surface area (Å²) < 4.78 is 0.903. The highest BCUT2D eigenvalue weighted by molar-refractivity contribution is 9.10. The Morgan fingerprint density at radius 1 is 1.50 bits per heavy atom. The molecule has 2 rings (SSSR count). The molecule has 0 spiro atoms. The van der Waals surface area contributed by atoms with Crippen LogP contribution in [0.5, 0.6) is 0 Å². The fraction of sp³-hybridized carbons (Fsp3) is 0.182. The second kappa shape index (κ2) is 6.31. The maximum atomic E-state index is 12.0. The Hall–Kier alpha value is -0.920. The van der Waals surface area contributed by atoms with Crippen molar-refractivity contribution in [3.05, 3.63) is 34.4 Å². The summed E-state index contributed by atoms with van der Waals surface area (Å²) >= 11 is 6.26. The van der Waals surface area contributed by atoms with Gasteiger partial charge in [0.1, 0.15) is 5.03 Å². The van der Waals surface area contributed by atoms with Gasteiger partial charge in [-0.2, -0.15) is 0 Å².